The van der Waals surface area contributed by atoms with Crippen molar-refractivity contribution in [2.45, 2.75) is 12.1 Å². The van der Waals surface area contributed by atoms with Crippen LogP contribution in [0.5, 0.6) is 0 Å². The van der Waals surface area contributed by atoms with Crippen molar-refractivity contribution >= 4 is 41.1 Å². The Balaban J connectivity index is 1.50. The van der Waals surface area contributed by atoms with Gasteiger partial charge in [-0.3, -0.25) is 19.4 Å². The van der Waals surface area contributed by atoms with E-state index >= 15 is 0 Å². The third-order valence-electron chi connectivity index (χ3n) is 6.70. The second-order valence-corrected chi connectivity index (χ2v) is 8.85. The molecule has 0 aromatic heterocycles. The van der Waals surface area contributed by atoms with Crippen LogP contribution in [0.4, 0.5) is 5.69 Å². The number of hydrogen-bond acceptors (Lipinski definition) is 5. The first-order valence-corrected chi connectivity index (χ1v) is 11.1. The molecule has 6 nitrogen and oxygen atoms in total. The third kappa shape index (κ3) is 2.87. The number of hydrazone groups is 1. The minimum atomic E-state index is -0.893. The zero-order chi connectivity index (χ0) is 22.7. The van der Waals surface area contributed by atoms with E-state index < -0.39 is 23.9 Å². The Kier molecular flexibility index (Phi) is 4.45. The molecule has 0 aliphatic carbocycles. The highest BCUT2D eigenvalue weighted by molar-refractivity contribution is 6.30. The lowest BCUT2D eigenvalue weighted by molar-refractivity contribution is -0.124. The van der Waals surface area contributed by atoms with Crippen LogP contribution in [0.25, 0.3) is 0 Å². The number of fused-ring (bicyclic) bond motifs is 5. The molecular formula is C26H18ClN3O3. The van der Waals surface area contributed by atoms with E-state index in [4.69, 9.17) is 11.6 Å². The van der Waals surface area contributed by atoms with Crippen LogP contribution in [0.15, 0.2) is 84.0 Å². The highest BCUT2D eigenvalue weighted by Crippen LogP contribution is 2.53. The summed E-state index contributed by atoms with van der Waals surface area (Å²) in [6.07, 6.45) is 1.69. The molecule has 7 heteroatoms. The predicted octanol–water partition coefficient (Wildman–Crippen LogP) is 4.10. The van der Waals surface area contributed by atoms with Crippen molar-refractivity contribution in [1.82, 2.24) is 5.01 Å². The molecule has 0 N–H and O–H groups in total. The molecule has 0 radical (unpaired) electrons. The number of Topliss-reactive ketones (excluding diaryl/α,β-unsaturated/α-hetero) is 1. The average molecular weight is 456 g/mol. The zero-order valence-corrected chi connectivity index (χ0v) is 18.1. The molecule has 3 aromatic rings. The first-order valence-electron chi connectivity index (χ1n) is 10.7. The van der Waals surface area contributed by atoms with Crippen molar-refractivity contribution < 1.29 is 14.4 Å². The smallest absolute Gasteiger partial charge is 0.240 e. The maximum absolute atomic E-state index is 13.7. The van der Waals surface area contributed by atoms with Gasteiger partial charge in [-0.2, -0.15) is 5.10 Å². The largest absolute Gasteiger partial charge is 0.292 e. The van der Waals surface area contributed by atoms with E-state index in [1.165, 1.54) is 4.90 Å². The van der Waals surface area contributed by atoms with Crippen LogP contribution < -0.4 is 4.90 Å². The quantitative estimate of drug-likeness (QED) is 0.440. The summed E-state index contributed by atoms with van der Waals surface area (Å²) in [6, 6.07) is 21.7. The molecule has 6 rings (SSSR count). The van der Waals surface area contributed by atoms with E-state index in [2.05, 4.69) is 5.10 Å². The number of carbonyl (C=O) groups excluding carboxylic acids is 3. The van der Waals surface area contributed by atoms with E-state index in [1.54, 1.807) is 59.8 Å². The molecule has 0 saturated carbocycles. The fourth-order valence-electron chi connectivity index (χ4n) is 5.28. The number of nitrogens with zero attached hydrogens (tertiary/aromatic N) is 3. The highest BCUT2D eigenvalue weighted by atomic mass is 35.5. The molecular weight excluding hydrogens is 438 g/mol. The average Bonchev–Trinajstić information content (AvgIpc) is 3.32. The Labute approximate surface area is 195 Å². The molecule has 3 aliphatic rings. The summed E-state index contributed by atoms with van der Waals surface area (Å²) in [5.41, 5.74) is 2.72. The molecule has 3 aromatic carbocycles. The van der Waals surface area contributed by atoms with Crippen molar-refractivity contribution in [1.29, 1.82) is 0 Å². The number of anilines is 1. The molecule has 2 amide bonds. The van der Waals surface area contributed by atoms with Gasteiger partial charge in [-0.05, 0) is 47.5 Å². The van der Waals surface area contributed by atoms with Crippen molar-refractivity contribution in [3.63, 3.8) is 0 Å². The Bertz CT molecular complexity index is 1320. The number of halogens is 1. The van der Waals surface area contributed by atoms with Gasteiger partial charge in [0.1, 0.15) is 6.04 Å². The summed E-state index contributed by atoms with van der Waals surface area (Å²) in [5.74, 6) is -2.47. The Hall–Kier alpha value is -3.77. The lowest BCUT2D eigenvalue weighted by Gasteiger charge is -2.33. The second-order valence-electron chi connectivity index (χ2n) is 8.41. The predicted molar refractivity (Wildman–Crippen MR) is 124 cm³/mol. The van der Waals surface area contributed by atoms with Crippen molar-refractivity contribution in [3.05, 3.63) is 101 Å². The maximum Gasteiger partial charge on any atom is 0.240 e. The maximum atomic E-state index is 13.7. The van der Waals surface area contributed by atoms with Gasteiger partial charge in [0.25, 0.3) is 0 Å². The molecule has 2 saturated heterocycles. The van der Waals surface area contributed by atoms with Gasteiger partial charge in [0.15, 0.2) is 5.78 Å². The first-order chi connectivity index (χ1) is 16.1. The lowest BCUT2D eigenvalue weighted by Crippen LogP contribution is -2.44. The topological polar surface area (TPSA) is 70.0 Å². The fourth-order valence-corrected chi connectivity index (χ4v) is 5.41. The molecule has 162 valence electrons. The molecule has 0 bridgehead atoms. The Morgan fingerprint density at radius 3 is 2.24 bits per heavy atom. The normalized spacial score (nSPS) is 25.1. The zero-order valence-electron chi connectivity index (χ0n) is 17.3. The van der Waals surface area contributed by atoms with Crippen LogP contribution in [-0.4, -0.2) is 34.9 Å². The number of hydrogen-bond donors (Lipinski definition) is 0. The van der Waals surface area contributed by atoms with E-state index in [9.17, 15) is 14.4 Å². The lowest BCUT2D eigenvalue weighted by atomic mass is 9.83. The summed E-state index contributed by atoms with van der Waals surface area (Å²) in [4.78, 5) is 42.4. The molecule has 4 atom stereocenters. The molecule has 0 spiro atoms. The summed E-state index contributed by atoms with van der Waals surface area (Å²) < 4.78 is 0. The summed E-state index contributed by atoms with van der Waals surface area (Å²) >= 11 is 6.01. The SMILES string of the molecule is O=C(c1ccc(Cl)cc1)[C@@H]1[C@@H]2C(=O)N(c3ccccc3)C(=O)[C@@H]2[C@H]2c3ccccc3C=NN12. The number of imide groups is 1. The van der Waals surface area contributed by atoms with E-state index in [0.29, 0.717) is 16.3 Å². The summed E-state index contributed by atoms with van der Waals surface area (Å²) in [6.45, 7) is 0. The summed E-state index contributed by atoms with van der Waals surface area (Å²) in [5, 5.41) is 6.74. The number of amides is 2. The number of rotatable bonds is 3. The van der Waals surface area contributed by atoms with Gasteiger partial charge < -0.3 is 0 Å². The second kappa shape index (κ2) is 7.39. The number of para-hydroxylation sites is 1. The van der Waals surface area contributed by atoms with Crippen LogP contribution in [0, 0.1) is 11.8 Å². The van der Waals surface area contributed by atoms with Crippen LogP contribution in [-0.2, 0) is 9.59 Å². The fraction of sp³-hybridized carbons (Fsp3) is 0.154. The van der Waals surface area contributed by atoms with Gasteiger partial charge in [-0.1, -0.05) is 54.1 Å². The summed E-state index contributed by atoms with van der Waals surface area (Å²) in [7, 11) is 0. The molecule has 0 unspecified atom stereocenters. The highest BCUT2D eigenvalue weighted by Gasteiger charge is 2.65. The standard InChI is InChI=1S/C26H18ClN3O3/c27-17-12-10-15(11-13-17)24(31)23-21-20(22-19-9-5-4-6-16(19)14-28-30(22)23)25(32)29(26(21)33)18-7-2-1-3-8-18/h1-14,20-23H/t20-,21+,22+,23-/m0/s1. The van der Waals surface area contributed by atoms with Gasteiger partial charge in [-0.25, -0.2) is 4.90 Å². The minimum absolute atomic E-state index is 0.253. The number of ketones is 1. The van der Waals surface area contributed by atoms with Crippen LogP contribution >= 0.6 is 11.6 Å². The molecule has 3 aliphatic heterocycles. The van der Waals surface area contributed by atoms with E-state index in [-0.39, 0.29) is 17.6 Å². The van der Waals surface area contributed by atoms with E-state index in [1.807, 2.05) is 30.3 Å². The number of benzene rings is 3. The monoisotopic (exact) mass is 455 g/mol. The van der Waals surface area contributed by atoms with Gasteiger partial charge in [0, 0.05) is 10.6 Å². The first kappa shape index (κ1) is 19.9. The van der Waals surface area contributed by atoms with Gasteiger partial charge in [0.2, 0.25) is 11.8 Å². The van der Waals surface area contributed by atoms with Gasteiger partial charge >= 0.3 is 0 Å². The van der Waals surface area contributed by atoms with Gasteiger partial charge in [-0.15, -0.1) is 0 Å². The van der Waals surface area contributed by atoms with Crippen LogP contribution in [0.3, 0.4) is 0 Å². The molecule has 3 heterocycles. The van der Waals surface area contributed by atoms with Crippen molar-refractivity contribution in [2.75, 3.05) is 4.90 Å². The van der Waals surface area contributed by atoms with Gasteiger partial charge in [0.05, 0.1) is 29.8 Å². The van der Waals surface area contributed by atoms with E-state index in [0.717, 1.165) is 11.1 Å². The van der Waals surface area contributed by atoms with Crippen molar-refractivity contribution in [3.8, 4) is 0 Å². The molecule has 33 heavy (non-hydrogen) atoms. The van der Waals surface area contributed by atoms with Crippen molar-refractivity contribution in [2.24, 2.45) is 16.9 Å². The minimum Gasteiger partial charge on any atom is -0.292 e. The third-order valence-corrected chi connectivity index (χ3v) is 6.96. The number of carbonyl (C=O) groups is 3. The molecule has 2 fully saturated rings. The van der Waals surface area contributed by atoms with Crippen LogP contribution in [0.2, 0.25) is 5.02 Å². The Morgan fingerprint density at radius 1 is 0.818 bits per heavy atom. The Morgan fingerprint density at radius 2 is 1.48 bits per heavy atom. The van der Waals surface area contributed by atoms with Crippen LogP contribution in [0.1, 0.15) is 27.5 Å².